The number of ether oxygens (including phenoxy) is 2. The maximum atomic E-state index is 10.0. The van der Waals surface area contributed by atoms with E-state index in [9.17, 15) is 10.2 Å². The van der Waals surface area contributed by atoms with Crippen LogP contribution in [-0.2, 0) is 4.74 Å². The third kappa shape index (κ3) is 3.37. The Kier molecular flexibility index (Phi) is 4.87. The highest BCUT2D eigenvalue weighted by molar-refractivity contribution is 5.49. The van der Waals surface area contributed by atoms with Crippen molar-refractivity contribution in [1.82, 2.24) is 9.97 Å². The molecule has 1 aliphatic heterocycles. The molecule has 0 radical (unpaired) electrons. The van der Waals surface area contributed by atoms with Gasteiger partial charge in [0.15, 0.2) is 0 Å². The van der Waals surface area contributed by atoms with Gasteiger partial charge in [0.1, 0.15) is 24.1 Å². The quantitative estimate of drug-likeness (QED) is 0.518. The van der Waals surface area contributed by atoms with Crippen molar-refractivity contribution in [3.05, 3.63) is 17.5 Å². The van der Waals surface area contributed by atoms with Crippen molar-refractivity contribution in [2.24, 2.45) is 0 Å². The summed E-state index contributed by atoms with van der Waals surface area (Å²) in [5, 5.41) is 31.7. The zero-order valence-electron chi connectivity index (χ0n) is 11.3. The van der Waals surface area contributed by atoms with E-state index in [4.69, 9.17) is 21.2 Å². The molecule has 1 saturated heterocycles. The lowest BCUT2D eigenvalue weighted by molar-refractivity contribution is -0.152. The molecule has 1 fully saturated rings. The summed E-state index contributed by atoms with van der Waals surface area (Å²) in [4.78, 5) is 11.0. The first-order valence-electron chi connectivity index (χ1n) is 6.24. The van der Waals surface area contributed by atoms with E-state index < -0.39 is 24.4 Å². The lowest BCUT2D eigenvalue weighted by Crippen LogP contribution is -2.56. The first-order chi connectivity index (χ1) is 10.1. The van der Waals surface area contributed by atoms with E-state index in [1.165, 1.54) is 13.2 Å². The number of nitrogens with zero attached hydrogens (tertiary/aromatic N) is 3. The molecule has 0 unspecified atom stereocenters. The molecule has 4 atom stereocenters. The Balaban J connectivity index is 2.13. The van der Waals surface area contributed by atoms with E-state index in [0.717, 1.165) is 0 Å². The largest absolute Gasteiger partial charge is 0.449 e. The summed E-state index contributed by atoms with van der Waals surface area (Å²) in [6.45, 7) is 6.66. The number of anilines is 1. The molecule has 0 spiro atoms. The SMILES string of the molecule is [C-]#[N+]c1cc(N[C@H]2CO[C@H](CO)[C@H](O)[C@@H]2O)nc(OC)n1. The molecule has 1 aromatic heterocycles. The zero-order chi connectivity index (χ0) is 15.4. The lowest BCUT2D eigenvalue weighted by Gasteiger charge is -2.37. The van der Waals surface area contributed by atoms with Crippen LogP contribution in [0.2, 0.25) is 0 Å². The Labute approximate surface area is 121 Å². The second-order valence-electron chi connectivity index (χ2n) is 4.50. The Morgan fingerprint density at radius 3 is 2.86 bits per heavy atom. The third-order valence-corrected chi connectivity index (χ3v) is 3.14. The van der Waals surface area contributed by atoms with Gasteiger partial charge in [0.2, 0.25) is 0 Å². The van der Waals surface area contributed by atoms with Crippen LogP contribution in [0, 0.1) is 6.57 Å². The Hall–Kier alpha value is -1.99. The number of aromatic nitrogens is 2. The predicted octanol–water partition coefficient (Wildman–Crippen LogP) is -1.07. The number of hydrogen-bond donors (Lipinski definition) is 4. The Morgan fingerprint density at radius 2 is 2.24 bits per heavy atom. The summed E-state index contributed by atoms with van der Waals surface area (Å²) in [7, 11) is 1.38. The van der Waals surface area contributed by atoms with E-state index in [2.05, 4.69) is 20.1 Å². The molecular weight excluding hydrogens is 280 g/mol. The molecule has 1 aliphatic rings. The maximum Gasteiger partial charge on any atom is 0.417 e. The number of hydrogen-bond acceptors (Lipinski definition) is 8. The first kappa shape index (κ1) is 15.4. The molecule has 0 aliphatic carbocycles. The summed E-state index contributed by atoms with van der Waals surface area (Å²) in [5.41, 5.74) is 0. The summed E-state index contributed by atoms with van der Waals surface area (Å²) in [6.07, 6.45) is -3.18. The maximum absolute atomic E-state index is 10.0. The van der Waals surface area contributed by atoms with Gasteiger partial charge in [-0.1, -0.05) is 11.6 Å². The molecule has 9 nitrogen and oxygen atoms in total. The fraction of sp³-hybridized carbons (Fsp3) is 0.583. The van der Waals surface area contributed by atoms with Crippen molar-refractivity contribution in [3.63, 3.8) is 0 Å². The van der Waals surface area contributed by atoms with Gasteiger partial charge in [0.05, 0.1) is 26.4 Å². The number of rotatable bonds is 4. The minimum atomic E-state index is -1.22. The topological polar surface area (TPSA) is 121 Å². The lowest BCUT2D eigenvalue weighted by atomic mass is 9.98. The van der Waals surface area contributed by atoms with Crippen molar-refractivity contribution < 1.29 is 24.8 Å². The summed E-state index contributed by atoms with van der Waals surface area (Å²) in [6, 6.07) is 0.777. The normalized spacial score (nSPS) is 28.7. The molecule has 1 aromatic rings. The molecule has 2 heterocycles. The van der Waals surface area contributed by atoms with Crippen LogP contribution >= 0.6 is 0 Å². The van der Waals surface area contributed by atoms with E-state index in [0.29, 0.717) is 0 Å². The first-order valence-corrected chi connectivity index (χ1v) is 6.24. The van der Waals surface area contributed by atoms with Gasteiger partial charge in [-0.2, -0.15) is 4.98 Å². The van der Waals surface area contributed by atoms with Gasteiger partial charge in [0.25, 0.3) is 5.82 Å². The monoisotopic (exact) mass is 296 g/mol. The van der Waals surface area contributed by atoms with Crippen molar-refractivity contribution in [1.29, 1.82) is 0 Å². The summed E-state index contributed by atoms with van der Waals surface area (Å²) < 4.78 is 10.1. The van der Waals surface area contributed by atoms with Crippen LogP contribution in [0.5, 0.6) is 6.01 Å². The van der Waals surface area contributed by atoms with Crippen molar-refractivity contribution in [2.45, 2.75) is 24.4 Å². The molecule has 0 bridgehead atoms. The highest BCUT2D eigenvalue weighted by Crippen LogP contribution is 2.22. The molecule has 0 aromatic carbocycles. The van der Waals surface area contributed by atoms with Gasteiger partial charge < -0.3 is 35.0 Å². The fourth-order valence-electron chi connectivity index (χ4n) is 2.00. The highest BCUT2D eigenvalue weighted by Gasteiger charge is 2.38. The average molecular weight is 296 g/mol. The van der Waals surface area contributed by atoms with Gasteiger partial charge in [-0.15, -0.1) is 0 Å². The van der Waals surface area contributed by atoms with Crippen molar-refractivity contribution >= 4 is 11.6 Å². The van der Waals surface area contributed by atoms with Gasteiger partial charge in [-0.25, -0.2) is 0 Å². The van der Waals surface area contributed by atoms with Crippen LogP contribution in [0.25, 0.3) is 4.85 Å². The number of aliphatic hydroxyl groups is 3. The smallest absolute Gasteiger partial charge is 0.417 e. The molecule has 4 N–H and O–H groups in total. The second-order valence-corrected chi connectivity index (χ2v) is 4.50. The number of methoxy groups -OCH3 is 1. The Morgan fingerprint density at radius 1 is 1.48 bits per heavy atom. The number of aliphatic hydroxyl groups excluding tert-OH is 3. The second kappa shape index (κ2) is 6.64. The standard InChI is InChI=1S/C12H16N4O5/c1-13-8-3-9(16-12(15-8)20-2)14-6-5-21-7(4-17)11(19)10(6)18/h3,6-7,10-11,17-19H,4-5H2,2H3,(H,14,15,16)/t6-,7+,10+,11-/m0/s1. The van der Waals surface area contributed by atoms with E-state index in [1.807, 2.05) is 0 Å². The minimum absolute atomic E-state index is 0.0194. The fourth-order valence-corrected chi connectivity index (χ4v) is 2.00. The highest BCUT2D eigenvalue weighted by atomic mass is 16.5. The molecule has 0 saturated carbocycles. The third-order valence-electron chi connectivity index (χ3n) is 3.14. The predicted molar refractivity (Wildman–Crippen MR) is 71.1 cm³/mol. The molecule has 21 heavy (non-hydrogen) atoms. The van der Waals surface area contributed by atoms with Crippen LogP contribution in [-0.4, -0.2) is 70.0 Å². The van der Waals surface area contributed by atoms with Gasteiger partial charge in [0, 0.05) is 6.07 Å². The Bertz CT molecular complexity index is 535. The van der Waals surface area contributed by atoms with E-state index >= 15 is 0 Å². The zero-order valence-corrected chi connectivity index (χ0v) is 11.3. The van der Waals surface area contributed by atoms with E-state index in [-0.39, 0.29) is 30.9 Å². The van der Waals surface area contributed by atoms with Gasteiger partial charge in [-0.05, 0) is 0 Å². The summed E-state index contributed by atoms with van der Waals surface area (Å²) >= 11 is 0. The summed E-state index contributed by atoms with van der Waals surface area (Å²) in [5.74, 6) is 0.361. The van der Waals surface area contributed by atoms with Crippen LogP contribution < -0.4 is 10.1 Å². The van der Waals surface area contributed by atoms with Crippen molar-refractivity contribution in [2.75, 3.05) is 25.6 Å². The molecule has 2 rings (SSSR count). The van der Waals surface area contributed by atoms with Crippen LogP contribution in [0.15, 0.2) is 6.07 Å². The van der Waals surface area contributed by atoms with Gasteiger partial charge in [-0.3, -0.25) is 0 Å². The molecule has 9 heteroatoms. The molecule has 114 valence electrons. The van der Waals surface area contributed by atoms with E-state index in [1.54, 1.807) is 0 Å². The van der Waals surface area contributed by atoms with Crippen LogP contribution in [0.3, 0.4) is 0 Å². The van der Waals surface area contributed by atoms with Crippen molar-refractivity contribution in [3.8, 4) is 6.01 Å². The molecule has 0 amide bonds. The van der Waals surface area contributed by atoms with Crippen LogP contribution in [0.4, 0.5) is 11.6 Å². The van der Waals surface area contributed by atoms with Crippen LogP contribution in [0.1, 0.15) is 0 Å². The molecular formula is C12H16N4O5. The number of nitrogens with one attached hydrogen (secondary N) is 1. The minimum Gasteiger partial charge on any atom is -0.449 e. The van der Waals surface area contributed by atoms with Gasteiger partial charge >= 0.3 is 6.01 Å². The average Bonchev–Trinajstić information content (AvgIpc) is 2.51.